The molecule has 0 heterocycles. The summed E-state index contributed by atoms with van der Waals surface area (Å²) in [6.07, 6.45) is 9.44. The lowest BCUT2D eigenvalue weighted by Gasteiger charge is -2.19. The lowest BCUT2D eigenvalue weighted by molar-refractivity contribution is 0.265. The minimum Gasteiger partial charge on any atom is -0.493 e. The van der Waals surface area contributed by atoms with E-state index in [-0.39, 0.29) is 0 Å². The zero-order valence-corrected chi connectivity index (χ0v) is 14.1. The third-order valence-electron chi connectivity index (χ3n) is 4.48. The summed E-state index contributed by atoms with van der Waals surface area (Å²) < 4.78 is 6.06. The Labute approximate surface area is 140 Å². The summed E-state index contributed by atoms with van der Waals surface area (Å²) in [4.78, 5) is 0. The van der Waals surface area contributed by atoms with E-state index in [9.17, 15) is 0 Å². The van der Waals surface area contributed by atoms with Crippen molar-refractivity contribution in [1.29, 1.82) is 0 Å². The molecule has 1 heteroatoms. The quantitative estimate of drug-likeness (QED) is 0.550. The van der Waals surface area contributed by atoms with Crippen LogP contribution < -0.4 is 0 Å². The summed E-state index contributed by atoms with van der Waals surface area (Å²) in [5, 5.41) is 0. The van der Waals surface area contributed by atoms with Crippen molar-refractivity contribution in [2.45, 2.75) is 45.4 Å². The molecule has 120 valence electrons. The Kier molecular flexibility index (Phi) is 5.52. The molecule has 0 unspecified atom stereocenters. The average molecular weight is 306 g/mol. The fourth-order valence-corrected chi connectivity index (χ4v) is 3.17. The second kappa shape index (κ2) is 8.01. The van der Waals surface area contributed by atoms with E-state index in [0.717, 1.165) is 31.6 Å². The molecule has 1 aliphatic carbocycles. The van der Waals surface area contributed by atoms with Crippen LogP contribution >= 0.6 is 0 Å². The predicted octanol–water partition coefficient (Wildman–Crippen LogP) is 6.24. The molecular formula is C22H26O. The van der Waals surface area contributed by atoms with Gasteiger partial charge in [0.25, 0.3) is 0 Å². The lowest BCUT2D eigenvalue weighted by Crippen LogP contribution is -2.04. The molecule has 2 aromatic rings. The van der Waals surface area contributed by atoms with Gasteiger partial charge in [0.1, 0.15) is 5.76 Å². The molecule has 3 rings (SSSR count). The van der Waals surface area contributed by atoms with Crippen LogP contribution in [0.3, 0.4) is 0 Å². The summed E-state index contributed by atoms with van der Waals surface area (Å²) in [6.45, 7) is 3.08. The van der Waals surface area contributed by atoms with Crippen molar-refractivity contribution in [3.05, 3.63) is 65.7 Å². The Hall–Kier alpha value is -2.02. The molecule has 0 fully saturated rings. The standard InChI is InChI=1S/C22H26O/c1-2-3-4-8-16-23-22-13-9-12-20-17-19(14-15-21(20)22)18-10-6-5-7-11-18/h5-7,10-11,13-15,17H,2-4,8-9,12,16H2,1H3. The number of benzene rings is 2. The van der Waals surface area contributed by atoms with Gasteiger partial charge in [-0.05, 0) is 42.0 Å². The highest BCUT2D eigenvalue weighted by atomic mass is 16.5. The van der Waals surface area contributed by atoms with E-state index in [1.807, 2.05) is 0 Å². The average Bonchev–Trinajstić information content (AvgIpc) is 2.62. The third kappa shape index (κ3) is 4.04. The summed E-state index contributed by atoms with van der Waals surface area (Å²) in [6, 6.07) is 17.4. The maximum atomic E-state index is 6.06. The van der Waals surface area contributed by atoms with Gasteiger partial charge in [-0.15, -0.1) is 0 Å². The molecule has 0 saturated heterocycles. The normalized spacial score (nSPS) is 13.3. The molecule has 0 saturated carbocycles. The van der Waals surface area contributed by atoms with Gasteiger partial charge < -0.3 is 4.74 Å². The van der Waals surface area contributed by atoms with E-state index in [4.69, 9.17) is 4.74 Å². The van der Waals surface area contributed by atoms with Crippen LogP contribution in [0.5, 0.6) is 0 Å². The molecule has 0 spiro atoms. The van der Waals surface area contributed by atoms with Gasteiger partial charge in [-0.3, -0.25) is 0 Å². The Balaban J connectivity index is 1.70. The first-order valence-electron chi connectivity index (χ1n) is 8.90. The minimum absolute atomic E-state index is 0.839. The van der Waals surface area contributed by atoms with Crippen LogP contribution in [0.2, 0.25) is 0 Å². The van der Waals surface area contributed by atoms with E-state index in [1.165, 1.54) is 41.5 Å². The highest BCUT2D eigenvalue weighted by Crippen LogP contribution is 2.31. The maximum Gasteiger partial charge on any atom is 0.122 e. The summed E-state index contributed by atoms with van der Waals surface area (Å²) >= 11 is 0. The first-order chi connectivity index (χ1) is 11.4. The van der Waals surface area contributed by atoms with Gasteiger partial charge in [-0.25, -0.2) is 0 Å². The van der Waals surface area contributed by atoms with Gasteiger partial charge in [0.2, 0.25) is 0 Å². The van der Waals surface area contributed by atoms with Crippen molar-refractivity contribution in [3.63, 3.8) is 0 Å². The van der Waals surface area contributed by atoms with Crippen molar-refractivity contribution in [3.8, 4) is 11.1 Å². The van der Waals surface area contributed by atoms with Crippen molar-refractivity contribution in [2.75, 3.05) is 6.61 Å². The Morgan fingerprint density at radius 3 is 2.61 bits per heavy atom. The first-order valence-corrected chi connectivity index (χ1v) is 8.90. The molecule has 23 heavy (non-hydrogen) atoms. The number of hydrogen-bond acceptors (Lipinski definition) is 1. The number of rotatable bonds is 7. The number of fused-ring (bicyclic) bond motifs is 1. The summed E-state index contributed by atoms with van der Waals surface area (Å²) in [7, 11) is 0. The smallest absolute Gasteiger partial charge is 0.122 e. The number of hydrogen-bond donors (Lipinski definition) is 0. The molecule has 0 N–H and O–H groups in total. The zero-order chi connectivity index (χ0) is 15.9. The van der Waals surface area contributed by atoms with Crippen LogP contribution in [0, 0.1) is 0 Å². The Bertz CT molecular complexity index is 655. The van der Waals surface area contributed by atoms with Gasteiger partial charge in [0.05, 0.1) is 6.61 Å². The molecule has 2 aromatic carbocycles. The second-order valence-electron chi connectivity index (χ2n) is 6.25. The summed E-state index contributed by atoms with van der Waals surface area (Å²) in [5.74, 6) is 1.09. The van der Waals surface area contributed by atoms with Gasteiger partial charge >= 0.3 is 0 Å². The molecule has 1 nitrogen and oxygen atoms in total. The molecule has 0 atom stereocenters. The molecule has 0 aliphatic heterocycles. The van der Waals surface area contributed by atoms with E-state index in [2.05, 4.69) is 61.5 Å². The lowest BCUT2D eigenvalue weighted by atomic mass is 9.92. The zero-order valence-electron chi connectivity index (χ0n) is 14.1. The van der Waals surface area contributed by atoms with Crippen LogP contribution in [0.4, 0.5) is 0 Å². The van der Waals surface area contributed by atoms with Crippen LogP contribution in [-0.2, 0) is 11.2 Å². The fourth-order valence-electron chi connectivity index (χ4n) is 3.17. The molecule has 0 aromatic heterocycles. The van der Waals surface area contributed by atoms with Crippen molar-refractivity contribution >= 4 is 5.76 Å². The largest absolute Gasteiger partial charge is 0.493 e. The Morgan fingerprint density at radius 1 is 0.913 bits per heavy atom. The number of unbranched alkanes of at least 4 members (excludes halogenated alkanes) is 3. The van der Waals surface area contributed by atoms with Crippen LogP contribution in [-0.4, -0.2) is 6.61 Å². The highest BCUT2D eigenvalue weighted by Gasteiger charge is 2.14. The van der Waals surface area contributed by atoms with Crippen molar-refractivity contribution < 1.29 is 4.74 Å². The molecule has 0 radical (unpaired) electrons. The first kappa shape index (κ1) is 15.9. The van der Waals surface area contributed by atoms with Crippen LogP contribution in [0.1, 0.15) is 50.2 Å². The maximum absolute atomic E-state index is 6.06. The van der Waals surface area contributed by atoms with Crippen molar-refractivity contribution in [2.24, 2.45) is 0 Å². The van der Waals surface area contributed by atoms with E-state index >= 15 is 0 Å². The van der Waals surface area contributed by atoms with Crippen LogP contribution in [0.25, 0.3) is 16.9 Å². The van der Waals surface area contributed by atoms with Gasteiger partial charge in [-0.2, -0.15) is 0 Å². The second-order valence-corrected chi connectivity index (χ2v) is 6.25. The predicted molar refractivity (Wildman–Crippen MR) is 98.3 cm³/mol. The highest BCUT2D eigenvalue weighted by molar-refractivity contribution is 5.71. The Morgan fingerprint density at radius 2 is 1.78 bits per heavy atom. The van der Waals surface area contributed by atoms with Gasteiger partial charge in [-0.1, -0.05) is 74.7 Å². The topological polar surface area (TPSA) is 9.23 Å². The third-order valence-corrected chi connectivity index (χ3v) is 4.48. The van der Waals surface area contributed by atoms with E-state index < -0.39 is 0 Å². The number of aryl methyl sites for hydroxylation is 1. The molecule has 1 aliphatic rings. The summed E-state index contributed by atoms with van der Waals surface area (Å²) in [5.41, 5.74) is 5.28. The van der Waals surface area contributed by atoms with Crippen molar-refractivity contribution in [1.82, 2.24) is 0 Å². The fraction of sp³-hybridized carbons (Fsp3) is 0.364. The van der Waals surface area contributed by atoms with Crippen LogP contribution in [0.15, 0.2) is 54.6 Å². The van der Waals surface area contributed by atoms with Gasteiger partial charge in [0.15, 0.2) is 0 Å². The monoisotopic (exact) mass is 306 g/mol. The molecule has 0 bridgehead atoms. The SMILES string of the molecule is CCCCCCOC1=CCCc2cc(-c3ccccc3)ccc21. The minimum atomic E-state index is 0.839. The molecule has 0 amide bonds. The number of ether oxygens (including phenoxy) is 1. The molecular weight excluding hydrogens is 280 g/mol. The van der Waals surface area contributed by atoms with E-state index in [1.54, 1.807) is 0 Å². The van der Waals surface area contributed by atoms with E-state index in [0.29, 0.717) is 0 Å². The number of allylic oxidation sites excluding steroid dienone is 1. The van der Waals surface area contributed by atoms with Gasteiger partial charge in [0, 0.05) is 5.56 Å².